The van der Waals surface area contributed by atoms with E-state index in [1.165, 1.54) is 19.2 Å². The van der Waals surface area contributed by atoms with Gasteiger partial charge >= 0.3 is 5.97 Å². The summed E-state index contributed by atoms with van der Waals surface area (Å²) in [4.78, 5) is 22.9. The number of rotatable bonds is 6. The number of benzene rings is 1. The van der Waals surface area contributed by atoms with Crippen LogP contribution in [0.15, 0.2) is 12.1 Å². The zero-order valence-electron chi connectivity index (χ0n) is 10.6. The van der Waals surface area contributed by atoms with E-state index in [0.29, 0.717) is 12.2 Å². The molecule has 0 amide bonds. The second-order valence-corrected chi connectivity index (χ2v) is 4.86. The van der Waals surface area contributed by atoms with Crippen molar-refractivity contribution in [2.45, 2.75) is 19.8 Å². The molecule has 0 aromatic heterocycles. The lowest BCUT2D eigenvalue weighted by Gasteiger charge is -2.11. The van der Waals surface area contributed by atoms with E-state index in [1.807, 2.05) is 0 Å². The van der Waals surface area contributed by atoms with Crippen molar-refractivity contribution in [3.05, 3.63) is 27.7 Å². The highest BCUT2D eigenvalue weighted by Crippen LogP contribution is 2.34. The standard InChI is InChI=1S/C13H14Cl2O4/c1-3-7(13(17)18)6-11(16)8-4-9(14)12(19-2)10(15)5-8/h4-5,7H,3,6H2,1-2H3,(H,17,18). The van der Waals surface area contributed by atoms with E-state index in [-0.39, 0.29) is 27.8 Å². The van der Waals surface area contributed by atoms with Gasteiger partial charge in [-0.25, -0.2) is 0 Å². The molecule has 1 unspecified atom stereocenters. The minimum Gasteiger partial charge on any atom is -0.494 e. The van der Waals surface area contributed by atoms with Crippen LogP contribution in [0.5, 0.6) is 5.75 Å². The van der Waals surface area contributed by atoms with Crippen molar-refractivity contribution < 1.29 is 19.4 Å². The zero-order valence-corrected chi connectivity index (χ0v) is 12.1. The predicted molar refractivity (Wildman–Crippen MR) is 73.4 cm³/mol. The Kier molecular flexibility index (Phi) is 5.63. The molecule has 0 aliphatic heterocycles. The molecular formula is C13H14Cl2O4. The van der Waals surface area contributed by atoms with Gasteiger partial charge in [0.15, 0.2) is 11.5 Å². The number of Topliss-reactive ketones (excluding diaryl/α,β-unsaturated/α-hetero) is 1. The molecule has 0 aliphatic rings. The van der Waals surface area contributed by atoms with E-state index in [1.54, 1.807) is 6.92 Å². The van der Waals surface area contributed by atoms with Crippen LogP contribution in [0.2, 0.25) is 10.0 Å². The minimum absolute atomic E-state index is 0.0786. The Labute approximate surface area is 121 Å². The summed E-state index contributed by atoms with van der Waals surface area (Å²) in [5, 5.41) is 9.38. The molecule has 1 rings (SSSR count). The van der Waals surface area contributed by atoms with Gasteiger partial charge in [-0.3, -0.25) is 9.59 Å². The van der Waals surface area contributed by atoms with Gasteiger partial charge in [0.2, 0.25) is 0 Å². The highest BCUT2D eigenvalue weighted by molar-refractivity contribution is 6.37. The highest BCUT2D eigenvalue weighted by Gasteiger charge is 2.21. The maximum atomic E-state index is 12.0. The number of hydrogen-bond acceptors (Lipinski definition) is 3. The molecule has 104 valence electrons. The van der Waals surface area contributed by atoms with E-state index < -0.39 is 11.9 Å². The van der Waals surface area contributed by atoms with Crippen molar-refractivity contribution in [1.82, 2.24) is 0 Å². The van der Waals surface area contributed by atoms with Crippen molar-refractivity contribution in [3.8, 4) is 5.75 Å². The number of carboxylic acids is 1. The number of halogens is 2. The lowest BCUT2D eigenvalue weighted by Crippen LogP contribution is -2.17. The molecule has 0 spiro atoms. The highest BCUT2D eigenvalue weighted by atomic mass is 35.5. The third kappa shape index (κ3) is 3.85. The molecule has 1 atom stereocenters. The zero-order chi connectivity index (χ0) is 14.6. The number of aliphatic carboxylic acids is 1. The number of methoxy groups -OCH3 is 1. The van der Waals surface area contributed by atoms with Gasteiger partial charge in [0, 0.05) is 12.0 Å². The summed E-state index contributed by atoms with van der Waals surface area (Å²) in [7, 11) is 1.42. The number of carbonyl (C=O) groups is 2. The Balaban J connectivity index is 2.98. The average molecular weight is 305 g/mol. The van der Waals surface area contributed by atoms with Crippen molar-refractivity contribution in [3.63, 3.8) is 0 Å². The second-order valence-electron chi connectivity index (χ2n) is 4.04. The van der Waals surface area contributed by atoms with Crippen LogP contribution < -0.4 is 4.74 Å². The summed E-state index contributed by atoms with van der Waals surface area (Å²) in [6.07, 6.45) is 0.309. The second kappa shape index (κ2) is 6.78. The Bertz CT molecular complexity index is 476. The van der Waals surface area contributed by atoms with Crippen LogP contribution in [0.4, 0.5) is 0 Å². The van der Waals surface area contributed by atoms with Gasteiger partial charge in [-0.2, -0.15) is 0 Å². The molecule has 4 nitrogen and oxygen atoms in total. The van der Waals surface area contributed by atoms with Crippen molar-refractivity contribution in [2.75, 3.05) is 7.11 Å². The normalized spacial score (nSPS) is 12.0. The fraction of sp³-hybridized carbons (Fsp3) is 0.385. The van der Waals surface area contributed by atoms with E-state index in [9.17, 15) is 9.59 Å². The van der Waals surface area contributed by atoms with Crippen LogP contribution in [0, 0.1) is 5.92 Å². The monoisotopic (exact) mass is 304 g/mol. The third-order valence-electron chi connectivity index (χ3n) is 2.80. The Hall–Kier alpha value is -1.26. The predicted octanol–water partition coefficient (Wildman–Crippen LogP) is 3.69. The maximum Gasteiger partial charge on any atom is 0.306 e. The number of carboxylic acid groups (broad SMARTS) is 1. The Morgan fingerprint density at radius 2 is 1.84 bits per heavy atom. The van der Waals surface area contributed by atoms with Gasteiger partial charge in [-0.15, -0.1) is 0 Å². The van der Waals surface area contributed by atoms with E-state index in [0.717, 1.165) is 0 Å². The molecule has 0 saturated carbocycles. The summed E-state index contributed by atoms with van der Waals surface area (Å²) in [5.74, 6) is -1.69. The van der Waals surface area contributed by atoms with Crippen LogP contribution >= 0.6 is 23.2 Å². The van der Waals surface area contributed by atoms with E-state index >= 15 is 0 Å². The molecule has 0 fully saturated rings. The molecule has 0 radical (unpaired) electrons. The number of ketones is 1. The molecule has 19 heavy (non-hydrogen) atoms. The largest absolute Gasteiger partial charge is 0.494 e. The first-order valence-corrected chi connectivity index (χ1v) is 6.45. The molecule has 0 saturated heterocycles. The first-order chi connectivity index (χ1) is 8.90. The van der Waals surface area contributed by atoms with Gasteiger partial charge in [0.05, 0.1) is 23.1 Å². The molecular weight excluding hydrogens is 291 g/mol. The molecule has 0 bridgehead atoms. The first-order valence-electron chi connectivity index (χ1n) is 5.69. The van der Waals surface area contributed by atoms with Gasteiger partial charge in [0.25, 0.3) is 0 Å². The Morgan fingerprint density at radius 1 is 1.32 bits per heavy atom. The van der Waals surface area contributed by atoms with Gasteiger partial charge in [-0.05, 0) is 18.6 Å². The number of carbonyl (C=O) groups excluding carboxylic acids is 1. The number of ether oxygens (including phenoxy) is 1. The fourth-order valence-corrected chi connectivity index (χ4v) is 2.31. The van der Waals surface area contributed by atoms with Crippen LogP contribution in [0.3, 0.4) is 0 Å². The van der Waals surface area contributed by atoms with Crippen LogP contribution in [0.1, 0.15) is 30.1 Å². The molecule has 6 heteroatoms. The molecule has 1 N–H and O–H groups in total. The lowest BCUT2D eigenvalue weighted by molar-refractivity contribution is -0.141. The quantitative estimate of drug-likeness (QED) is 0.814. The lowest BCUT2D eigenvalue weighted by atomic mass is 9.96. The van der Waals surface area contributed by atoms with Gasteiger partial charge in [-0.1, -0.05) is 30.1 Å². The summed E-state index contributed by atoms with van der Waals surface area (Å²) in [5.41, 5.74) is 0.288. The summed E-state index contributed by atoms with van der Waals surface area (Å²) >= 11 is 11.9. The molecule has 0 heterocycles. The topological polar surface area (TPSA) is 63.6 Å². The van der Waals surface area contributed by atoms with Gasteiger partial charge < -0.3 is 9.84 Å². The van der Waals surface area contributed by atoms with Crippen LogP contribution in [-0.4, -0.2) is 24.0 Å². The number of hydrogen-bond donors (Lipinski definition) is 1. The summed E-state index contributed by atoms with van der Waals surface area (Å²) < 4.78 is 4.98. The van der Waals surface area contributed by atoms with Gasteiger partial charge in [0.1, 0.15) is 0 Å². The molecule has 1 aromatic carbocycles. The molecule has 0 aliphatic carbocycles. The third-order valence-corrected chi connectivity index (χ3v) is 3.36. The SMILES string of the molecule is CCC(CC(=O)c1cc(Cl)c(OC)c(Cl)c1)C(=O)O. The van der Waals surface area contributed by atoms with Crippen LogP contribution in [-0.2, 0) is 4.79 Å². The van der Waals surface area contributed by atoms with Crippen molar-refractivity contribution in [1.29, 1.82) is 0 Å². The van der Waals surface area contributed by atoms with Crippen molar-refractivity contribution >= 4 is 35.0 Å². The summed E-state index contributed by atoms with van der Waals surface area (Å²) in [6.45, 7) is 1.72. The van der Waals surface area contributed by atoms with E-state index in [4.69, 9.17) is 33.0 Å². The Morgan fingerprint density at radius 3 is 2.21 bits per heavy atom. The molecule has 1 aromatic rings. The van der Waals surface area contributed by atoms with Crippen LogP contribution in [0.25, 0.3) is 0 Å². The first kappa shape index (κ1) is 15.8. The summed E-state index contributed by atoms with van der Waals surface area (Å²) in [6, 6.07) is 2.87. The van der Waals surface area contributed by atoms with E-state index in [2.05, 4.69) is 0 Å². The average Bonchev–Trinajstić information content (AvgIpc) is 2.34. The maximum absolute atomic E-state index is 12.0. The fourth-order valence-electron chi connectivity index (χ4n) is 1.66. The smallest absolute Gasteiger partial charge is 0.306 e. The van der Waals surface area contributed by atoms with Crippen molar-refractivity contribution in [2.24, 2.45) is 5.92 Å². The minimum atomic E-state index is -0.985.